The van der Waals surface area contributed by atoms with Crippen LogP contribution in [-0.2, 0) is 0 Å². The number of benzene rings is 1. The Morgan fingerprint density at radius 3 is 2.60 bits per heavy atom. The maximum atomic E-state index is 12.4. The minimum Gasteiger partial charge on any atom is -0.409 e. The lowest BCUT2D eigenvalue weighted by atomic mass is 9.95. The number of carbonyl (C=O) groups is 1. The van der Waals surface area contributed by atoms with Gasteiger partial charge in [-0.25, -0.2) is 0 Å². The van der Waals surface area contributed by atoms with E-state index in [1.165, 1.54) is 0 Å². The maximum Gasteiger partial charge on any atom is 0.253 e. The van der Waals surface area contributed by atoms with Crippen LogP contribution >= 0.6 is 23.2 Å². The Labute approximate surface area is 126 Å². The summed E-state index contributed by atoms with van der Waals surface area (Å²) in [6.45, 7) is 0. The highest BCUT2D eigenvalue weighted by Gasteiger charge is 2.40. The molecule has 7 heteroatoms. The molecule has 20 heavy (non-hydrogen) atoms. The molecule has 0 atom stereocenters. The molecule has 2 rings (SSSR count). The second kappa shape index (κ2) is 5.89. The van der Waals surface area contributed by atoms with Crippen LogP contribution in [0.25, 0.3) is 0 Å². The van der Waals surface area contributed by atoms with Crippen LogP contribution in [0.2, 0.25) is 10.0 Å². The van der Waals surface area contributed by atoms with E-state index in [-0.39, 0.29) is 22.3 Å². The molecule has 108 valence electrons. The minimum absolute atomic E-state index is 0.0153. The lowest BCUT2D eigenvalue weighted by molar-refractivity contribution is 0.0923. The lowest BCUT2D eigenvalue weighted by Gasteiger charge is -2.29. The molecular weight excluding hydrogens is 301 g/mol. The minimum atomic E-state index is -0.808. The first-order chi connectivity index (χ1) is 9.50. The summed E-state index contributed by atoms with van der Waals surface area (Å²) in [5.41, 5.74) is 5.20. The summed E-state index contributed by atoms with van der Waals surface area (Å²) >= 11 is 11.9. The summed E-state index contributed by atoms with van der Waals surface area (Å²) in [6.07, 6.45) is 3.07. The predicted molar refractivity (Wildman–Crippen MR) is 78.5 cm³/mol. The summed E-state index contributed by atoms with van der Waals surface area (Å²) in [5.74, 6) is -0.368. The van der Waals surface area contributed by atoms with Crippen molar-refractivity contribution in [2.45, 2.75) is 31.2 Å². The second-order valence-electron chi connectivity index (χ2n) is 4.83. The molecular formula is C13H15Cl2N3O2. The van der Waals surface area contributed by atoms with Crippen LogP contribution in [0.1, 0.15) is 36.0 Å². The van der Waals surface area contributed by atoms with Crippen molar-refractivity contribution in [3.05, 3.63) is 33.8 Å². The molecule has 1 amide bonds. The molecule has 5 nitrogen and oxygen atoms in total. The van der Waals surface area contributed by atoms with Gasteiger partial charge < -0.3 is 16.3 Å². The van der Waals surface area contributed by atoms with Crippen LogP contribution in [0.15, 0.2) is 23.4 Å². The van der Waals surface area contributed by atoms with Crippen LogP contribution in [0.5, 0.6) is 0 Å². The average Bonchev–Trinajstić information content (AvgIpc) is 2.90. The van der Waals surface area contributed by atoms with Gasteiger partial charge in [-0.15, -0.1) is 0 Å². The van der Waals surface area contributed by atoms with E-state index >= 15 is 0 Å². The molecule has 1 fully saturated rings. The van der Waals surface area contributed by atoms with Crippen molar-refractivity contribution >= 4 is 34.9 Å². The molecule has 0 radical (unpaired) electrons. The topological polar surface area (TPSA) is 87.7 Å². The van der Waals surface area contributed by atoms with Crippen LogP contribution < -0.4 is 11.1 Å². The SMILES string of the molecule is N/C(=N/O)C1(NC(=O)c2cccc(Cl)c2Cl)CCCC1. The highest BCUT2D eigenvalue weighted by molar-refractivity contribution is 6.43. The monoisotopic (exact) mass is 315 g/mol. The number of hydrogen-bond donors (Lipinski definition) is 3. The number of carbonyl (C=O) groups excluding carboxylic acids is 1. The van der Waals surface area contributed by atoms with Gasteiger partial charge in [0.25, 0.3) is 5.91 Å². The highest BCUT2D eigenvalue weighted by Crippen LogP contribution is 2.31. The first-order valence-corrected chi connectivity index (χ1v) is 7.00. The van der Waals surface area contributed by atoms with Crippen LogP contribution in [0, 0.1) is 0 Å². The molecule has 0 bridgehead atoms. The standard InChI is InChI=1S/C13H15Cl2N3O2/c14-9-5-3-4-8(10(9)15)11(19)17-13(12(16)18-20)6-1-2-7-13/h3-5,20H,1-2,6-7H2,(H2,16,18)(H,17,19). The van der Waals surface area contributed by atoms with Gasteiger partial charge in [0.1, 0.15) is 5.54 Å². The second-order valence-corrected chi connectivity index (χ2v) is 5.62. The summed E-state index contributed by atoms with van der Waals surface area (Å²) in [7, 11) is 0. The molecule has 1 aromatic rings. The molecule has 0 aliphatic heterocycles. The smallest absolute Gasteiger partial charge is 0.253 e. The predicted octanol–water partition coefficient (Wildman–Crippen LogP) is 2.78. The maximum absolute atomic E-state index is 12.4. The Kier molecular flexibility index (Phi) is 4.40. The Hall–Kier alpha value is -1.46. The van der Waals surface area contributed by atoms with Crippen LogP contribution in [0.4, 0.5) is 0 Å². The van der Waals surface area contributed by atoms with E-state index in [1.807, 2.05) is 0 Å². The van der Waals surface area contributed by atoms with E-state index in [2.05, 4.69) is 10.5 Å². The Bertz CT molecular complexity index is 555. The highest BCUT2D eigenvalue weighted by atomic mass is 35.5. The number of amides is 1. The zero-order valence-electron chi connectivity index (χ0n) is 10.7. The molecule has 0 aromatic heterocycles. The fourth-order valence-corrected chi connectivity index (χ4v) is 2.87. The van der Waals surface area contributed by atoms with Gasteiger partial charge in [-0.3, -0.25) is 4.79 Å². The van der Waals surface area contributed by atoms with E-state index in [0.717, 1.165) is 12.8 Å². The Morgan fingerprint density at radius 2 is 2.00 bits per heavy atom. The number of amidine groups is 1. The number of halogens is 2. The molecule has 1 aliphatic carbocycles. The summed E-state index contributed by atoms with van der Waals surface area (Å²) in [4.78, 5) is 12.4. The first kappa shape index (κ1) is 14.9. The Morgan fingerprint density at radius 1 is 1.35 bits per heavy atom. The van der Waals surface area contributed by atoms with Gasteiger partial charge in [0.2, 0.25) is 0 Å². The summed E-state index contributed by atoms with van der Waals surface area (Å²) < 4.78 is 0. The number of hydrogen-bond acceptors (Lipinski definition) is 3. The van der Waals surface area contributed by atoms with Crippen molar-refractivity contribution in [3.8, 4) is 0 Å². The fourth-order valence-electron chi connectivity index (χ4n) is 2.48. The number of nitrogens with zero attached hydrogens (tertiary/aromatic N) is 1. The van der Waals surface area contributed by atoms with Crippen LogP contribution in [0.3, 0.4) is 0 Å². The van der Waals surface area contributed by atoms with Gasteiger partial charge in [0.05, 0.1) is 15.6 Å². The molecule has 1 saturated carbocycles. The zero-order valence-corrected chi connectivity index (χ0v) is 12.2. The van der Waals surface area contributed by atoms with Gasteiger partial charge in [-0.05, 0) is 25.0 Å². The zero-order chi connectivity index (χ0) is 14.8. The van der Waals surface area contributed by atoms with Crippen molar-refractivity contribution in [3.63, 3.8) is 0 Å². The third kappa shape index (κ3) is 2.69. The fraction of sp³-hybridized carbons (Fsp3) is 0.385. The van der Waals surface area contributed by atoms with E-state index in [4.69, 9.17) is 34.1 Å². The van der Waals surface area contributed by atoms with Crippen molar-refractivity contribution in [1.82, 2.24) is 5.32 Å². The van der Waals surface area contributed by atoms with Gasteiger partial charge in [-0.1, -0.05) is 47.3 Å². The molecule has 0 saturated heterocycles. The Balaban J connectivity index is 2.28. The van der Waals surface area contributed by atoms with Crippen molar-refractivity contribution in [2.75, 3.05) is 0 Å². The molecule has 1 aromatic carbocycles. The largest absolute Gasteiger partial charge is 0.409 e. The number of nitrogens with one attached hydrogen (secondary N) is 1. The summed E-state index contributed by atoms with van der Waals surface area (Å²) in [5, 5.41) is 15.3. The molecule has 0 unspecified atom stereocenters. The number of nitrogens with two attached hydrogens (primary N) is 1. The average molecular weight is 316 g/mol. The van der Waals surface area contributed by atoms with Gasteiger partial charge in [0.15, 0.2) is 5.84 Å². The van der Waals surface area contributed by atoms with E-state index in [1.54, 1.807) is 18.2 Å². The number of rotatable bonds is 3. The van der Waals surface area contributed by atoms with Crippen molar-refractivity contribution < 1.29 is 10.0 Å². The van der Waals surface area contributed by atoms with E-state index in [9.17, 15) is 4.79 Å². The third-order valence-electron chi connectivity index (χ3n) is 3.60. The van der Waals surface area contributed by atoms with Gasteiger partial charge in [-0.2, -0.15) is 0 Å². The van der Waals surface area contributed by atoms with E-state index in [0.29, 0.717) is 17.9 Å². The van der Waals surface area contributed by atoms with E-state index < -0.39 is 5.54 Å². The molecule has 0 heterocycles. The van der Waals surface area contributed by atoms with Crippen LogP contribution in [-0.4, -0.2) is 22.5 Å². The van der Waals surface area contributed by atoms with Crippen molar-refractivity contribution in [2.24, 2.45) is 10.9 Å². The normalized spacial score (nSPS) is 18.0. The third-order valence-corrected chi connectivity index (χ3v) is 4.42. The van der Waals surface area contributed by atoms with Crippen molar-refractivity contribution in [1.29, 1.82) is 0 Å². The summed E-state index contributed by atoms with van der Waals surface area (Å²) in [6, 6.07) is 4.84. The quantitative estimate of drug-likeness (QED) is 0.347. The lowest BCUT2D eigenvalue weighted by Crippen LogP contribution is -2.55. The number of oxime groups is 1. The van der Waals surface area contributed by atoms with Gasteiger partial charge >= 0.3 is 0 Å². The molecule has 1 aliphatic rings. The molecule has 4 N–H and O–H groups in total. The molecule has 0 spiro atoms. The first-order valence-electron chi connectivity index (χ1n) is 6.25. The van der Waals surface area contributed by atoms with Gasteiger partial charge in [0, 0.05) is 0 Å².